The number of ether oxygens (including phenoxy) is 3. The molecule has 114 valence electrons. The van der Waals surface area contributed by atoms with Crippen LogP contribution in [0.4, 0.5) is 0 Å². The maximum Gasteiger partial charge on any atom is 0.278 e. The Morgan fingerprint density at radius 1 is 1.38 bits per heavy atom. The van der Waals surface area contributed by atoms with Gasteiger partial charge in [-0.3, -0.25) is 9.36 Å². The summed E-state index contributed by atoms with van der Waals surface area (Å²) in [6.45, 7) is -0.199. The SMILES string of the molecule is COC1C(CO)OC(n2cnc3c(=O)[nH]cnc32)C1OC. The summed E-state index contributed by atoms with van der Waals surface area (Å²) in [5.41, 5.74) is 0.282. The summed E-state index contributed by atoms with van der Waals surface area (Å²) in [7, 11) is 3.06. The lowest BCUT2D eigenvalue weighted by atomic mass is 10.1. The number of aliphatic hydroxyl groups excluding tert-OH is 1. The zero-order valence-electron chi connectivity index (χ0n) is 11.6. The van der Waals surface area contributed by atoms with Crippen LogP contribution in [0.15, 0.2) is 17.4 Å². The van der Waals surface area contributed by atoms with Gasteiger partial charge in [0.25, 0.3) is 5.56 Å². The minimum Gasteiger partial charge on any atom is -0.394 e. The highest BCUT2D eigenvalue weighted by Gasteiger charge is 2.46. The molecule has 0 radical (unpaired) electrons. The number of hydrogen-bond donors (Lipinski definition) is 2. The molecule has 2 aromatic heterocycles. The van der Waals surface area contributed by atoms with Gasteiger partial charge < -0.3 is 24.3 Å². The molecule has 9 nitrogen and oxygen atoms in total. The van der Waals surface area contributed by atoms with Crippen LogP contribution < -0.4 is 5.56 Å². The standard InChI is InChI=1S/C12H16N4O5/c1-19-8-6(3-17)21-12(9(8)20-2)16-5-15-7-10(16)13-4-14-11(7)18/h4-6,8-9,12,17H,3H2,1-2H3,(H,13,14,18). The van der Waals surface area contributed by atoms with Crippen LogP contribution in [0.5, 0.6) is 0 Å². The van der Waals surface area contributed by atoms with Crippen molar-refractivity contribution in [3.8, 4) is 0 Å². The first-order valence-corrected chi connectivity index (χ1v) is 6.43. The Morgan fingerprint density at radius 3 is 2.81 bits per heavy atom. The molecule has 9 heteroatoms. The number of fused-ring (bicyclic) bond motifs is 1. The van der Waals surface area contributed by atoms with E-state index in [9.17, 15) is 9.90 Å². The number of aromatic nitrogens is 4. The average molecular weight is 296 g/mol. The van der Waals surface area contributed by atoms with E-state index >= 15 is 0 Å². The van der Waals surface area contributed by atoms with Gasteiger partial charge in [-0.05, 0) is 0 Å². The van der Waals surface area contributed by atoms with Crippen molar-refractivity contribution >= 4 is 11.2 Å². The number of rotatable bonds is 4. The van der Waals surface area contributed by atoms with Crippen molar-refractivity contribution < 1.29 is 19.3 Å². The van der Waals surface area contributed by atoms with Gasteiger partial charge >= 0.3 is 0 Å². The van der Waals surface area contributed by atoms with E-state index in [0.717, 1.165) is 0 Å². The number of nitrogens with one attached hydrogen (secondary N) is 1. The molecule has 1 aliphatic heterocycles. The number of aliphatic hydroxyl groups is 1. The van der Waals surface area contributed by atoms with Gasteiger partial charge in [0.2, 0.25) is 0 Å². The molecule has 0 spiro atoms. The number of methoxy groups -OCH3 is 2. The van der Waals surface area contributed by atoms with Gasteiger partial charge in [0.05, 0.1) is 19.3 Å². The highest BCUT2D eigenvalue weighted by molar-refractivity contribution is 5.68. The number of H-pyrrole nitrogens is 1. The van der Waals surface area contributed by atoms with Crippen molar-refractivity contribution in [2.45, 2.75) is 24.5 Å². The summed E-state index contributed by atoms with van der Waals surface area (Å²) >= 11 is 0. The van der Waals surface area contributed by atoms with Crippen LogP contribution in [0.25, 0.3) is 11.2 Å². The van der Waals surface area contributed by atoms with Crippen LogP contribution in [0.1, 0.15) is 6.23 Å². The number of imidazole rings is 1. The highest BCUT2D eigenvalue weighted by Crippen LogP contribution is 2.33. The van der Waals surface area contributed by atoms with Crippen LogP contribution in [0.3, 0.4) is 0 Å². The third-order valence-corrected chi connectivity index (χ3v) is 3.65. The largest absolute Gasteiger partial charge is 0.394 e. The van der Waals surface area contributed by atoms with Gasteiger partial charge in [-0.25, -0.2) is 9.97 Å². The molecule has 4 atom stereocenters. The fourth-order valence-corrected chi connectivity index (χ4v) is 2.66. The number of nitrogens with zero attached hydrogens (tertiary/aromatic N) is 3. The second kappa shape index (κ2) is 5.53. The Labute approximate surface area is 119 Å². The fourth-order valence-electron chi connectivity index (χ4n) is 2.66. The van der Waals surface area contributed by atoms with E-state index in [4.69, 9.17) is 14.2 Å². The molecule has 0 aliphatic carbocycles. The molecule has 0 saturated carbocycles. The Hall–Kier alpha value is -1.81. The molecule has 1 saturated heterocycles. The first kappa shape index (κ1) is 14.1. The maximum absolute atomic E-state index is 11.7. The van der Waals surface area contributed by atoms with Gasteiger partial charge in [0, 0.05) is 14.2 Å². The molecule has 2 aromatic rings. The third kappa shape index (κ3) is 2.14. The Bertz CT molecular complexity index is 684. The molecule has 4 unspecified atom stereocenters. The zero-order chi connectivity index (χ0) is 15.0. The van der Waals surface area contributed by atoms with Gasteiger partial charge in [-0.1, -0.05) is 0 Å². The molecule has 1 fully saturated rings. The Kier molecular flexibility index (Phi) is 3.72. The van der Waals surface area contributed by atoms with Crippen molar-refractivity contribution in [2.24, 2.45) is 0 Å². The van der Waals surface area contributed by atoms with Crippen LogP contribution in [0.2, 0.25) is 0 Å². The topological polar surface area (TPSA) is 111 Å². The van der Waals surface area contributed by atoms with Crippen LogP contribution in [-0.4, -0.2) is 63.8 Å². The van der Waals surface area contributed by atoms with Crippen LogP contribution in [-0.2, 0) is 14.2 Å². The predicted octanol–water partition coefficient (Wildman–Crippen LogP) is -0.961. The van der Waals surface area contributed by atoms with Crippen molar-refractivity contribution in [1.82, 2.24) is 19.5 Å². The lowest BCUT2D eigenvalue weighted by molar-refractivity contribution is -0.0583. The zero-order valence-corrected chi connectivity index (χ0v) is 11.6. The summed E-state index contributed by atoms with van der Waals surface area (Å²) in [5, 5.41) is 9.40. The third-order valence-electron chi connectivity index (χ3n) is 3.65. The van der Waals surface area contributed by atoms with Gasteiger partial charge in [0.15, 0.2) is 17.4 Å². The molecular weight excluding hydrogens is 280 g/mol. The molecule has 0 aromatic carbocycles. The molecule has 21 heavy (non-hydrogen) atoms. The van der Waals surface area contributed by atoms with Gasteiger partial charge in [-0.2, -0.15) is 0 Å². The summed E-state index contributed by atoms with van der Waals surface area (Å²) in [4.78, 5) is 22.3. The second-order valence-electron chi connectivity index (χ2n) is 4.70. The van der Waals surface area contributed by atoms with Crippen LogP contribution in [0, 0.1) is 0 Å². The van der Waals surface area contributed by atoms with Gasteiger partial charge in [0.1, 0.15) is 18.3 Å². The van der Waals surface area contributed by atoms with E-state index in [1.807, 2.05) is 0 Å². The molecule has 0 bridgehead atoms. The summed E-state index contributed by atoms with van der Waals surface area (Å²) in [6.07, 6.45) is 0.781. The van der Waals surface area contributed by atoms with E-state index in [2.05, 4.69) is 15.0 Å². The predicted molar refractivity (Wildman–Crippen MR) is 70.7 cm³/mol. The van der Waals surface area contributed by atoms with E-state index in [0.29, 0.717) is 5.65 Å². The minimum absolute atomic E-state index is 0.199. The van der Waals surface area contributed by atoms with E-state index in [1.165, 1.54) is 26.9 Å². The summed E-state index contributed by atoms with van der Waals surface area (Å²) in [5.74, 6) is 0. The van der Waals surface area contributed by atoms with Crippen molar-refractivity contribution in [2.75, 3.05) is 20.8 Å². The number of hydrogen-bond acceptors (Lipinski definition) is 7. The van der Waals surface area contributed by atoms with Crippen molar-refractivity contribution in [1.29, 1.82) is 0 Å². The van der Waals surface area contributed by atoms with E-state index in [1.54, 1.807) is 4.57 Å². The normalized spacial score (nSPS) is 29.3. The fraction of sp³-hybridized carbons (Fsp3) is 0.583. The maximum atomic E-state index is 11.7. The van der Waals surface area contributed by atoms with E-state index in [-0.39, 0.29) is 17.7 Å². The molecule has 3 heterocycles. The quantitative estimate of drug-likeness (QED) is 0.747. The molecule has 1 aliphatic rings. The minimum atomic E-state index is -0.587. The smallest absolute Gasteiger partial charge is 0.278 e. The van der Waals surface area contributed by atoms with E-state index < -0.39 is 24.5 Å². The van der Waals surface area contributed by atoms with Crippen molar-refractivity contribution in [3.05, 3.63) is 23.0 Å². The molecule has 0 amide bonds. The lowest BCUT2D eigenvalue weighted by Gasteiger charge is -2.21. The Morgan fingerprint density at radius 2 is 2.14 bits per heavy atom. The average Bonchev–Trinajstić information content (AvgIpc) is 3.07. The van der Waals surface area contributed by atoms with Gasteiger partial charge in [-0.15, -0.1) is 0 Å². The molecular formula is C12H16N4O5. The Balaban J connectivity index is 2.05. The van der Waals surface area contributed by atoms with Crippen LogP contribution >= 0.6 is 0 Å². The summed E-state index contributed by atoms with van der Waals surface area (Å²) < 4.78 is 18.2. The highest BCUT2D eigenvalue weighted by atomic mass is 16.6. The lowest BCUT2D eigenvalue weighted by Crippen LogP contribution is -2.36. The van der Waals surface area contributed by atoms with Crippen molar-refractivity contribution in [3.63, 3.8) is 0 Å². The first-order valence-electron chi connectivity index (χ1n) is 6.43. The monoisotopic (exact) mass is 296 g/mol. The molecule has 3 rings (SSSR count). The number of aromatic amines is 1. The summed E-state index contributed by atoms with van der Waals surface area (Å²) in [6, 6.07) is 0. The molecule has 2 N–H and O–H groups in total. The second-order valence-corrected chi connectivity index (χ2v) is 4.70. The first-order chi connectivity index (χ1) is 10.2.